The van der Waals surface area contributed by atoms with Crippen LogP contribution in [-0.2, 0) is 6.18 Å². The Morgan fingerprint density at radius 1 is 1.27 bits per heavy atom. The summed E-state index contributed by atoms with van der Waals surface area (Å²) in [5.74, 6) is -0.806. The summed E-state index contributed by atoms with van der Waals surface area (Å²) in [6, 6.07) is 2.51. The predicted octanol–water partition coefficient (Wildman–Crippen LogP) is 4.10. The Morgan fingerprint density at radius 2 is 1.93 bits per heavy atom. The van der Waals surface area contributed by atoms with Gasteiger partial charge in [-0.3, -0.25) is 0 Å². The molecule has 0 atom stereocenters. The second-order valence-corrected chi connectivity index (χ2v) is 3.09. The highest BCUT2D eigenvalue weighted by molar-refractivity contribution is 6.19. The lowest BCUT2D eigenvalue weighted by atomic mass is 10.1. The summed E-state index contributed by atoms with van der Waals surface area (Å²) in [4.78, 5) is 0. The zero-order chi connectivity index (χ0) is 11.5. The fourth-order valence-corrected chi connectivity index (χ4v) is 1.18. The normalized spacial score (nSPS) is 12.3. The van der Waals surface area contributed by atoms with Crippen LogP contribution in [0.25, 0.3) is 6.08 Å². The summed E-state index contributed by atoms with van der Waals surface area (Å²) >= 11 is 5.31. The van der Waals surface area contributed by atoms with Crippen molar-refractivity contribution < 1.29 is 17.6 Å². The maximum Gasteiger partial charge on any atom is 0.417 e. The minimum absolute atomic E-state index is 0.0930. The lowest BCUT2D eigenvalue weighted by Crippen LogP contribution is -2.07. The minimum atomic E-state index is -4.56. The molecule has 0 aliphatic heterocycles. The van der Waals surface area contributed by atoms with Gasteiger partial charge in [0.1, 0.15) is 5.82 Å². The lowest BCUT2D eigenvalue weighted by Gasteiger charge is -2.09. The third-order valence-corrected chi connectivity index (χ3v) is 1.89. The second kappa shape index (κ2) is 4.66. The van der Waals surface area contributed by atoms with Gasteiger partial charge in [0, 0.05) is 5.88 Å². The van der Waals surface area contributed by atoms with Gasteiger partial charge >= 0.3 is 6.18 Å². The van der Waals surface area contributed by atoms with Crippen LogP contribution >= 0.6 is 11.6 Å². The number of rotatable bonds is 2. The highest BCUT2D eigenvalue weighted by Gasteiger charge is 2.33. The van der Waals surface area contributed by atoms with E-state index in [0.717, 1.165) is 12.1 Å². The number of benzene rings is 1. The van der Waals surface area contributed by atoms with Crippen LogP contribution in [0.15, 0.2) is 24.3 Å². The van der Waals surface area contributed by atoms with E-state index >= 15 is 0 Å². The van der Waals surface area contributed by atoms with E-state index in [-0.39, 0.29) is 11.4 Å². The van der Waals surface area contributed by atoms with Gasteiger partial charge in [-0.05, 0) is 17.7 Å². The molecule has 0 fully saturated rings. The highest BCUT2D eigenvalue weighted by atomic mass is 35.5. The van der Waals surface area contributed by atoms with Gasteiger partial charge in [-0.15, -0.1) is 11.6 Å². The number of alkyl halides is 4. The van der Waals surface area contributed by atoms with E-state index in [1.165, 1.54) is 12.2 Å². The zero-order valence-corrected chi connectivity index (χ0v) is 8.24. The number of hydrogen-bond acceptors (Lipinski definition) is 0. The first-order valence-electron chi connectivity index (χ1n) is 4.04. The van der Waals surface area contributed by atoms with Gasteiger partial charge in [-0.1, -0.05) is 18.2 Å². The largest absolute Gasteiger partial charge is 0.417 e. The lowest BCUT2D eigenvalue weighted by molar-refractivity contribution is -0.137. The van der Waals surface area contributed by atoms with Crippen molar-refractivity contribution in [3.05, 3.63) is 41.2 Å². The van der Waals surface area contributed by atoms with E-state index in [1.807, 2.05) is 0 Å². The number of hydrogen-bond donors (Lipinski definition) is 0. The summed E-state index contributed by atoms with van der Waals surface area (Å²) < 4.78 is 49.9. The van der Waals surface area contributed by atoms with Gasteiger partial charge in [-0.25, -0.2) is 4.39 Å². The molecule has 0 aliphatic carbocycles. The van der Waals surface area contributed by atoms with Gasteiger partial charge in [0.15, 0.2) is 0 Å². The Labute approximate surface area is 89.2 Å². The molecule has 0 N–H and O–H groups in total. The third-order valence-electron chi connectivity index (χ3n) is 1.71. The molecule has 0 aromatic heterocycles. The molecule has 0 amide bonds. The van der Waals surface area contributed by atoms with Crippen LogP contribution in [0.3, 0.4) is 0 Å². The van der Waals surface area contributed by atoms with Crippen LogP contribution in [0.2, 0.25) is 0 Å². The summed E-state index contributed by atoms with van der Waals surface area (Å²) in [6.45, 7) is 0. The van der Waals surface area contributed by atoms with Crippen LogP contribution in [0.5, 0.6) is 0 Å². The fourth-order valence-electron chi connectivity index (χ4n) is 1.09. The topological polar surface area (TPSA) is 0 Å². The van der Waals surface area contributed by atoms with Gasteiger partial charge in [0.25, 0.3) is 0 Å². The quantitative estimate of drug-likeness (QED) is 0.538. The molecule has 15 heavy (non-hydrogen) atoms. The van der Waals surface area contributed by atoms with Crippen LogP contribution < -0.4 is 0 Å². The minimum Gasteiger partial charge on any atom is -0.207 e. The molecule has 0 saturated carbocycles. The molecule has 1 aromatic rings. The fraction of sp³-hybridized carbons (Fsp3) is 0.200. The SMILES string of the molecule is Fc1ccc(/C=C/CCl)c(C(F)(F)F)c1. The molecule has 0 radical (unpaired) electrons. The van der Waals surface area contributed by atoms with Crippen LogP contribution in [-0.4, -0.2) is 5.88 Å². The van der Waals surface area contributed by atoms with E-state index in [2.05, 4.69) is 0 Å². The smallest absolute Gasteiger partial charge is 0.207 e. The number of halogens is 5. The van der Waals surface area contributed by atoms with Crippen molar-refractivity contribution in [1.29, 1.82) is 0 Å². The molecule has 1 aromatic carbocycles. The standard InChI is InChI=1S/C10H7ClF4/c11-5-1-2-7-3-4-8(12)6-9(7)10(13,14)15/h1-4,6H,5H2/b2-1+. The van der Waals surface area contributed by atoms with Crippen molar-refractivity contribution >= 4 is 17.7 Å². The van der Waals surface area contributed by atoms with E-state index < -0.39 is 17.6 Å². The van der Waals surface area contributed by atoms with Gasteiger partial charge in [-0.2, -0.15) is 13.2 Å². The first kappa shape index (κ1) is 12.0. The monoisotopic (exact) mass is 238 g/mol. The van der Waals surface area contributed by atoms with Crippen molar-refractivity contribution in [1.82, 2.24) is 0 Å². The van der Waals surface area contributed by atoms with Crippen molar-refractivity contribution in [2.24, 2.45) is 0 Å². The molecule has 0 bridgehead atoms. The molecule has 0 saturated heterocycles. The Bertz CT molecular complexity index is 368. The maximum absolute atomic E-state index is 12.6. The Hall–Kier alpha value is -1.03. The first-order valence-corrected chi connectivity index (χ1v) is 4.58. The number of allylic oxidation sites excluding steroid dienone is 1. The summed E-state index contributed by atoms with van der Waals surface area (Å²) in [5, 5.41) is 0. The molecular weight excluding hydrogens is 232 g/mol. The molecule has 0 unspecified atom stereocenters. The van der Waals surface area contributed by atoms with E-state index in [4.69, 9.17) is 11.6 Å². The van der Waals surface area contributed by atoms with E-state index in [1.54, 1.807) is 0 Å². The third kappa shape index (κ3) is 3.23. The Balaban J connectivity index is 3.21. The Morgan fingerprint density at radius 3 is 2.47 bits per heavy atom. The Kier molecular flexibility index (Phi) is 3.74. The van der Waals surface area contributed by atoms with E-state index in [0.29, 0.717) is 6.07 Å². The van der Waals surface area contributed by atoms with Gasteiger partial charge in [0.2, 0.25) is 0 Å². The maximum atomic E-state index is 12.6. The van der Waals surface area contributed by atoms with Crippen molar-refractivity contribution in [3.8, 4) is 0 Å². The molecular formula is C10H7ClF4. The van der Waals surface area contributed by atoms with Gasteiger partial charge < -0.3 is 0 Å². The molecule has 0 aliphatic rings. The summed E-state index contributed by atoms with van der Waals surface area (Å²) in [5.41, 5.74) is -1.09. The van der Waals surface area contributed by atoms with Crippen molar-refractivity contribution in [2.45, 2.75) is 6.18 Å². The van der Waals surface area contributed by atoms with E-state index in [9.17, 15) is 17.6 Å². The van der Waals surface area contributed by atoms with Crippen molar-refractivity contribution in [2.75, 3.05) is 5.88 Å². The average Bonchev–Trinajstić information content (AvgIpc) is 2.14. The van der Waals surface area contributed by atoms with Crippen LogP contribution in [0.1, 0.15) is 11.1 Å². The van der Waals surface area contributed by atoms with Crippen LogP contribution in [0, 0.1) is 5.82 Å². The second-order valence-electron chi connectivity index (χ2n) is 2.79. The highest BCUT2D eigenvalue weighted by Crippen LogP contribution is 2.33. The summed E-state index contributed by atoms with van der Waals surface area (Å²) in [7, 11) is 0. The van der Waals surface area contributed by atoms with Crippen molar-refractivity contribution in [3.63, 3.8) is 0 Å². The molecule has 5 heteroatoms. The molecule has 0 heterocycles. The molecule has 1 rings (SSSR count). The molecule has 0 nitrogen and oxygen atoms in total. The first-order chi connectivity index (χ1) is 6.95. The summed E-state index contributed by atoms with van der Waals surface area (Å²) in [6.07, 6.45) is -1.98. The molecule has 0 spiro atoms. The zero-order valence-electron chi connectivity index (χ0n) is 7.48. The average molecular weight is 239 g/mol. The molecule has 82 valence electrons. The predicted molar refractivity (Wildman–Crippen MR) is 51.2 cm³/mol. The van der Waals surface area contributed by atoms with Gasteiger partial charge in [0.05, 0.1) is 5.56 Å². The van der Waals surface area contributed by atoms with Crippen LogP contribution in [0.4, 0.5) is 17.6 Å².